The molecule has 2 N–H and O–H groups in total. The second-order valence-corrected chi connectivity index (χ2v) is 5.35. The van der Waals surface area contributed by atoms with Gasteiger partial charge in [-0.05, 0) is 39.2 Å². The first-order chi connectivity index (χ1) is 8.29. The Bertz CT molecular complexity index is 383. The Morgan fingerprint density at radius 2 is 2.24 bits per heavy atom. The first-order valence-corrected chi connectivity index (χ1v) is 6.83. The van der Waals surface area contributed by atoms with E-state index in [4.69, 9.17) is 5.73 Å². The smallest absolute Gasteiger partial charge is 0.0538 e. The van der Waals surface area contributed by atoms with Gasteiger partial charge in [0.1, 0.15) is 0 Å². The average molecular weight is 234 g/mol. The molecule has 3 rings (SSSR count). The molecule has 4 heteroatoms. The fourth-order valence-electron chi connectivity index (χ4n) is 3.01. The van der Waals surface area contributed by atoms with Crippen LogP contribution in [0.2, 0.25) is 0 Å². The fraction of sp³-hybridized carbons (Fsp3) is 0.769. The van der Waals surface area contributed by atoms with Crippen molar-refractivity contribution >= 4 is 0 Å². The summed E-state index contributed by atoms with van der Waals surface area (Å²) in [5, 5.41) is 4.39. The molecule has 0 amide bonds. The highest BCUT2D eigenvalue weighted by molar-refractivity contribution is 5.16. The molecule has 2 heterocycles. The number of aromatic nitrogens is 2. The summed E-state index contributed by atoms with van der Waals surface area (Å²) in [5.41, 5.74) is 7.65. The third-order valence-corrected chi connectivity index (χ3v) is 4.05. The minimum Gasteiger partial charge on any atom is -0.326 e. The highest BCUT2D eigenvalue weighted by atomic mass is 15.3. The Morgan fingerprint density at radius 1 is 1.41 bits per heavy atom. The Hall–Kier alpha value is -0.870. The maximum Gasteiger partial charge on any atom is 0.0538 e. The SMILES string of the molecule is CCn1cc(C2C(N)CCCN2C2CC2)cn1. The maximum atomic E-state index is 6.34. The summed E-state index contributed by atoms with van der Waals surface area (Å²) in [6.07, 6.45) is 9.28. The van der Waals surface area contributed by atoms with Crippen LogP contribution in [-0.4, -0.2) is 33.3 Å². The number of piperidine rings is 1. The minimum atomic E-state index is 0.277. The van der Waals surface area contributed by atoms with Crippen molar-refractivity contribution < 1.29 is 0 Å². The zero-order chi connectivity index (χ0) is 11.8. The molecule has 17 heavy (non-hydrogen) atoms. The van der Waals surface area contributed by atoms with E-state index < -0.39 is 0 Å². The monoisotopic (exact) mass is 234 g/mol. The Balaban J connectivity index is 1.85. The van der Waals surface area contributed by atoms with Gasteiger partial charge in [-0.1, -0.05) is 0 Å². The molecular weight excluding hydrogens is 212 g/mol. The molecule has 0 aromatic carbocycles. The van der Waals surface area contributed by atoms with Gasteiger partial charge in [0.05, 0.1) is 12.2 Å². The van der Waals surface area contributed by atoms with Crippen molar-refractivity contribution in [3.8, 4) is 0 Å². The van der Waals surface area contributed by atoms with Gasteiger partial charge in [-0.15, -0.1) is 0 Å². The number of hydrogen-bond donors (Lipinski definition) is 1. The minimum absolute atomic E-state index is 0.277. The lowest BCUT2D eigenvalue weighted by atomic mass is 9.92. The van der Waals surface area contributed by atoms with Crippen molar-refractivity contribution in [3.63, 3.8) is 0 Å². The molecule has 0 spiro atoms. The van der Waals surface area contributed by atoms with E-state index in [0.29, 0.717) is 6.04 Å². The van der Waals surface area contributed by atoms with Crippen LogP contribution < -0.4 is 5.73 Å². The van der Waals surface area contributed by atoms with Gasteiger partial charge in [0.15, 0.2) is 0 Å². The van der Waals surface area contributed by atoms with E-state index in [1.54, 1.807) is 0 Å². The van der Waals surface area contributed by atoms with Gasteiger partial charge in [-0.3, -0.25) is 9.58 Å². The lowest BCUT2D eigenvalue weighted by Crippen LogP contribution is -2.46. The van der Waals surface area contributed by atoms with Crippen LogP contribution in [-0.2, 0) is 6.54 Å². The lowest BCUT2D eigenvalue weighted by molar-refractivity contribution is 0.120. The summed E-state index contributed by atoms with van der Waals surface area (Å²) in [6.45, 7) is 4.27. The second kappa shape index (κ2) is 4.42. The van der Waals surface area contributed by atoms with E-state index in [2.05, 4.69) is 23.1 Å². The highest BCUT2D eigenvalue weighted by Gasteiger charge is 2.39. The van der Waals surface area contributed by atoms with Gasteiger partial charge in [0, 0.05) is 30.4 Å². The van der Waals surface area contributed by atoms with Gasteiger partial charge in [-0.2, -0.15) is 5.10 Å². The predicted octanol–water partition coefficient (Wildman–Crippen LogP) is 1.53. The van der Waals surface area contributed by atoms with Crippen LogP contribution in [0.1, 0.15) is 44.2 Å². The topological polar surface area (TPSA) is 47.1 Å². The number of nitrogens with two attached hydrogens (primary N) is 1. The largest absolute Gasteiger partial charge is 0.326 e. The Morgan fingerprint density at radius 3 is 2.88 bits per heavy atom. The summed E-state index contributed by atoms with van der Waals surface area (Å²) < 4.78 is 2.00. The summed E-state index contributed by atoms with van der Waals surface area (Å²) in [7, 11) is 0. The molecule has 1 aromatic heterocycles. The number of likely N-dealkylation sites (tertiary alicyclic amines) is 1. The lowest BCUT2D eigenvalue weighted by Gasteiger charge is -2.39. The van der Waals surface area contributed by atoms with E-state index in [9.17, 15) is 0 Å². The average Bonchev–Trinajstić information content (AvgIpc) is 3.08. The van der Waals surface area contributed by atoms with Gasteiger partial charge in [-0.25, -0.2) is 0 Å². The van der Waals surface area contributed by atoms with Crippen LogP contribution in [0, 0.1) is 0 Å². The zero-order valence-electron chi connectivity index (χ0n) is 10.5. The molecule has 1 aliphatic carbocycles. The van der Waals surface area contributed by atoms with Gasteiger partial charge >= 0.3 is 0 Å². The molecule has 1 saturated heterocycles. The molecule has 2 unspecified atom stereocenters. The van der Waals surface area contributed by atoms with E-state index in [0.717, 1.165) is 19.0 Å². The number of hydrogen-bond acceptors (Lipinski definition) is 3. The van der Waals surface area contributed by atoms with Crippen molar-refractivity contribution in [3.05, 3.63) is 18.0 Å². The van der Waals surface area contributed by atoms with Crippen molar-refractivity contribution in [2.75, 3.05) is 6.54 Å². The van der Waals surface area contributed by atoms with Crippen molar-refractivity contribution in [2.24, 2.45) is 5.73 Å². The molecule has 0 bridgehead atoms. The maximum absolute atomic E-state index is 6.34. The summed E-state index contributed by atoms with van der Waals surface area (Å²) >= 11 is 0. The van der Waals surface area contributed by atoms with Crippen LogP contribution in [0.5, 0.6) is 0 Å². The van der Waals surface area contributed by atoms with E-state index >= 15 is 0 Å². The fourth-order valence-corrected chi connectivity index (χ4v) is 3.01. The Kier molecular flexibility index (Phi) is 2.92. The first-order valence-electron chi connectivity index (χ1n) is 6.83. The standard InChI is InChI=1S/C13H22N4/c1-2-16-9-10(8-15-16)13-12(14)4-3-7-17(13)11-5-6-11/h8-9,11-13H,2-7,14H2,1H3. The third kappa shape index (κ3) is 2.11. The number of rotatable bonds is 3. The third-order valence-electron chi connectivity index (χ3n) is 4.05. The molecular formula is C13H22N4. The van der Waals surface area contributed by atoms with Crippen LogP contribution in [0.3, 0.4) is 0 Å². The molecule has 94 valence electrons. The van der Waals surface area contributed by atoms with Gasteiger partial charge < -0.3 is 5.73 Å². The number of aryl methyl sites for hydroxylation is 1. The van der Waals surface area contributed by atoms with Crippen LogP contribution >= 0.6 is 0 Å². The van der Waals surface area contributed by atoms with Crippen molar-refractivity contribution in [1.29, 1.82) is 0 Å². The van der Waals surface area contributed by atoms with E-state index in [1.165, 1.54) is 31.4 Å². The molecule has 1 aliphatic heterocycles. The molecule has 2 atom stereocenters. The molecule has 2 aliphatic rings. The normalized spacial score (nSPS) is 30.7. The Labute approximate surface area is 103 Å². The molecule has 2 fully saturated rings. The highest BCUT2D eigenvalue weighted by Crippen LogP contribution is 2.39. The molecule has 4 nitrogen and oxygen atoms in total. The predicted molar refractivity (Wildman–Crippen MR) is 67.6 cm³/mol. The molecule has 0 radical (unpaired) electrons. The van der Waals surface area contributed by atoms with Crippen LogP contribution in [0.25, 0.3) is 0 Å². The zero-order valence-corrected chi connectivity index (χ0v) is 10.5. The number of nitrogens with zero attached hydrogens (tertiary/aromatic N) is 3. The van der Waals surface area contributed by atoms with Gasteiger partial charge in [0.2, 0.25) is 0 Å². The quantitative estimate of drug-likeness (QED) is 0.862. The summed E-state index contributed by atoms with van der Waals surface area (Å²) in [6, 6.07) is 1.46. The van der Waals surface area contributed by atoms with E-state index in [-0.39, 0.29) is 6.04 Å². The van der Waals surface area contributed by atoms with Crippen LogP contribution in [0.15, 0.2) is 12.4 Å². The molecule has 1 saturated carbocycles. The summed E-state index contributed by atoms with van der Waals surface area (Å²) in [5.74, 6) is 0. The first kappa shape index (κ1) is 11.2. The molecule has 1 aromatic rings. The van der Waals surface area contributed by atoms with Crippen LogP contribution in [0.4, 0.5) is 0 Å². The summed E-state index contributed by atoms with van der Waals surface area (Å²) in [4.78, 5) is 2.62. The van der Waals surface area contributed by atoms with Crippen molar-refractivity contribution in [2.45, 2.75) is 57.3 Å². The van der Waals surface area contributed by atoms with Crippen molar-refractivity contribution in [1.82, 2.24) is 14.7 Å². The second-order valence-electron chi connectivity index (χ2n) is 5.35. The van der Waals surface area contributed by atoms with E-state index in [1.807, 2.05) is 10.9 Å². The van der Waals surface area contributed by atoms with Gasteiger partial charge in [0.25, 0.3) is 0 Å².